The van der Waals surface area contributed by atoms with Gasteiger partial charge in [-0.15, -0.1) is 0 Å². The number of benzene rings is 1. The van der Waals surface area contributed by atoms with E-state index in [9.17, 15) is 9.18 Å². The lowest BCUT2D eigenvalue weighted by molar-refractivity contribution is -0.142. The summed E-state index contributed by atoms with van der Waals surface area (Å²) in [5, 5.41) is 0. The van der Waals surface area contributed by atoms with Crippen molar-refractivity contribution in [1.29, 1.82) is 0 Å². The maximum atomic E-state index is 13.6. The van der Waals surface area contributed by atoms with Gasteiger partial charge >= 0.3 is 0 Å². The Balaban J connectivity index is 1.81. The van der Waals surface area contributed by atoms with Gasteiger partial charge in [0.15, 0.2) is 0 Å². The van der Waals surface area contributed by atoms with Gasteiger partial charge in [-0.3, -0.25) is 4.79 Å². The third-order valence-electron chi connectivity index (χ3n) is 5.69. The van der Waals surface area contributed by atoms with Gasteiger partial charge in [-0.1, -0.05) is 44.2 Å². The molecule has 0 radical (unpaired) electrons. The fraction of sp³-hybridized carbons (Fsp3) is 0.632. The number of rotatable bonds is 3. The van der Waals surface area contributed by atoms with Crippen LogP contribution in [0.1, 0.15) is 63.4 Å². The van der Waals surface area contributed by atoms with Crippen LogP contribution in [-0.2, 0) is 10.2 Å². The van der Waals surface area contributed by atoms with E-state index in [2.05, 4.69) is 0 Å². The van der Waals surface area contributed by atoms with Gasteiger partial charge in [0.25, 0.3) is 0 Å². The van der Waals surface area contributed by atoms with Gasteiger partial charge in [0.2, 0.25) is 5.91 Å². The molecule has 2 aliphatic carbocycles. The molecule has 2 nitrogen and oxygen atoms in total. The Morgan fingerprint density at radius 3 is 2.36 bits per heavy atom. The molecule has 0 N–H and O–H groups in total. The highest BCUT2D eigenvalue weighted by molar-refractivity contribution is 5.89. The van der Waals surface area contributed by atoms with Crippen LogP contribution in [0.5, 0.6) is 0 Å². The quantitative estimate of drug-likeness (QED) is 0.757. The molecule has 0 heterocycles. The summed E-state index contributed by atoms with van der Waals surface area (Å²) in [4.78, 5) is 15.2. The number of hydrogen-bond acceptors (Lipinski definition) is 1. The summed E-state index contributed by atoms with van der Waals surface area (Å²) in [6, 6.07) is 7.01. The van der Waals surface area contributed by atoms with Crippen molar-refractivity contribution in [3.05, 3.63) is 35.6 Å². The molecule has 0 spiro atoms. The molecule has 3 rings (SSSR count). The monoisotopic (exact) mass is 303 g/mol. The molecule has 0 aliphatic heterocycles. The van der Waals surface area contributed by atoms with Crippen LogP contribution in [0.3, 0.4) is 0 Å². The van der Waals surface area contributed by atoms with Crippen molar-refractivity contribution in [3.63, 3.8) is 0 Å². The molecule has 0 atom stereocenters. The van der Waals surface area contributed by atoms with Gasteiger partial charge in [0.05, 0.1) is 5.41 Å². The first kappa shape index (κ1) is 15.5. The fourth-order valence-corrected chi connectivity index (χ4v) is 4.09. The minimum atomic E-state index is -0.469. The summed E-state index contributed by atoms with van der Waals surface area (Å²) in [6.45, 7) is 0. The predicted octanol–water partition coefficient (Wildman–Crippen LogP) is 4.43. The van der Waals surface area contributed by atoms with Gasteiger partial charge in [-0.2, -0.15) is 0 Å². The second-order valence-electron chi connectivity index (χ2n) is 7.01. The lowest BCUT2D eigenvalue weighted by Gasteiger charge is -2.45. The topological polar surface area (TPSA) is 20.3 Å². The first-order chi connectivity index (χ1) is 10.6. The average Bonchev–Trinajstić information content (AvgIpc) is 2.74. The summed E-state index contributed by atoms with van der Waals surface area (Å²) in [5.74, 6) is -0.0371. The average molecular weight is 303 g/mol. The van der Waals surface area contributed by atoms with Crippen LogP contribution in [0.4, 0.5) is 4.39 Å². The van der Waals surface area contributed by atoms with Gasteiger partial charge in [-0.25, -0.2) is 4.39 Å². The molecule has 1 aromatic rings. The second-order valence-corrected chi connectivity index (χ2v) is 7.01. The van der Waals surface area contributed by atoms with Crippen molar-refractivity contribution in [3.8, 4) is 0 Å². The van der Waals surface area contributed by atoms with Crippen LogP contribution < -0.4 is 0 Å². The van der Waals surface area contributed by atoms with E-state index in [1.807, 2.05) is 18.0 Å². The Hall–Kier alpha value is -1.38. The third-order valence-corrected chi connectivity index (χ3v) is 5.69. The van der Waals surface area contributed by atoms with Crippen LogP contribution >= 0.6 is 0 Å². The fourth-order valence-electron chi connectivity index (χ4n) is 4.09. The van der Waals surface area contributed by atoms with E-state index in [1.165, 1.54) is 31.7 Å². The molecule has 0 aromatic heterocycles. The Morgan fingerprint density at radius 1 is 1.14 bits per heavy atom. The molecule has 120 valence electrons. The van der Waals surface area contributed by atoms with E-state index >= 15 is 0 Å². The highest BCUT2D eigenvalue weighted by atomic mass is 19.1. The SMILES string of the molecule is CN(C(=O)C1(c2cccc(F)c2)CCC1)C1CCCCCC1. The summed E-state index contributed by atoms with van der Waals surface area (Å²) in [6.07, 6.45) is 9.99. The summed E-state index contributed by atoms with van der Waals surface area (Å²) < 4.78 is 13.6. The number of nitrogens with zero attached hydrogens (tertiary/aromatic N) is 1. The van der Waals surface area contributed by atoms with Gasteiger partial charge in [0, 0.05) is 13.1 Å². The van der Waals surface area contributed by atoms with Crippen molar-refractivity contribution >= 4 is 5.91 Å². The molecule has 0 bridgehead atoms. The number of hydrogen-bond donors (Lipinski definition) is 0. The maximum absolute atomic E-state index is 13.6. The van der Waals surface area contributed by atoms with Crippen molar-refractivity contribution in [2.24, 2.45) is 0 Å². The number of likely N-dealkylation sites (N-methyl/N-ethyl adjacent to an activating group) is 1. The summed E-state index contributed by atoms with van der Waals surface area (Å²) in [7, 11) is 1.96. The summed E-state index contributed by atoms with van der Waals surface area (Å²) >= 11 is 0. The molecule has 2 saturated carbocycles. The second kappa shape index (κ2) is 6.39. The molecule has 1 aromatic carbocycles. The molecular weight excluding hydrogens is 277 g/mol. The van der Waals surface area contributed by atoms with Crippen molar-refractivity contribution in [2.45, 2.75) is 69.2 Å². The Bertz CT molecular complexity index is 530. The van der Waals surface area contributed by atoms with Gasteiger partial charge in [-0.05, 0) is 43.4 Å². The molecule has 22 heavy (non-hydrogen) atoms. The minimum absolute atomic E-state index is 0.205. The third kappa shape index (κ3) is 2.78. The molecule has 3 heteroatoms. The highest BCUT2D eigenvalue weighted by Crippen LogP contribution is 2.45. The van der Waals surface area contributed by atoms with Crippen molar-refractivity contribution < 1.29 is 9.18 Å². The van der Waals surface area contributed by atoms with Crippen LogP contribution in [0.15, 0.2) is 24.3 Å². The molecule has 2 fully saturated rings. The van der Waals surface area contributed by atoms with E-state index in [0.717, 1.165) is 37.7 Å². The normalized spacial score (nSPS) is 21.7. The molecule has 0 saturated heterocycles. The zero-order valence-corrected chi connectivity index (χ0v) is 13.5. The van der Waals surface area contributed by atoms with Crippen LogP contribution in [0, 0.1) is 5.82 Å². The molecule has 2 aliphatic rings. The highest BCUT2D eigenvalue weighted by Gasteiger charge is 2.48. The van der Waals surface area contributed by atoms with Crippen LogP contribution in [0.25, 0.3) is 0 Å². The lowest BCUT2D eigenvalue weighted by atomic mass is 9.63. The lowest BCUT2D eigenvalue weighted by Crippen LogP contribution is -2.52. The van der Waals surface area contributed by atoms with Gasteiger partial charge in [0.1, 0.15) is 5.82 Å². The van der Waals surface area contributed by atoms with E-state index in [-0.39, 0.29) is 11.7 Å². The first-order valence-electron chi connectivity index (χ1n) is 8.67. The zero-order valence-electron chi connectivity index (χ0n) is 13.5. The number of amides is 1. The molecule has 1 amide bonds. The minimum Gasteiger partial charge on any atom is -0.342 e. The van der Waals surface area contributed by atoms with Gasteiger partial charge < -0.3 is 4.90 Å². The smallest absolute Gasteiger partial charge is 0.233 e. The van der Waals surface area contributed by atoms with E-state index in [1.54, 1.807) is 12.1 Å². The van der Waals surface area contributed by atoms with Crippen LogP contribution in [-0.4, -0.2) is 23.9 Å². The van der Waals surface area contributed by atoms with E-state index in [0.29, 0.717) is 6.04 Å². The van der Waals surface area contributed by atoms with Crippen LogP contribution in [0.2, 0.25) is 0 Å². The Labute approximate surface area is 132 Å². The number of halogens is 1. The molecule has 0 unspecified atom stereocenters. The Kier molecular flexibility index (Phi) is 4.51. The number of carbonyl (C=O) groups excluding carboxylic acids is 1. The number of carbonyl (C=O) groups is 1. The van der Waals surface area contributed by atoms with Crippen molar-refractivity contribution in [1.82, 2.24) is 4.90 Å². The maximum Gasteiger partial charge on any atom is 0.233 e. The molecular formula is C19H26FNO. The van der Waals surface area contributed by atoms with Crippen molar-refractivity contribution in [2.75, 3.05) is 7.05 Å². The van der Waals surface area contributed by atoms with E-state index in [4.69, 9.17) is 0 Å². The zero-order chi connectivity index (χ0) is 15.6. The standard InChI is InChI=1S/C19H26FNO/c1-21(17-10-4-2-3-5-11-17)18(22)19(12-7-13-19)15-8-6-9-16(20)14-15/h6,8-9,14,17H,2-5,7,10-13H2,1H3. The summed E-state index contributed by atoms with van der Waals surface area (Å²) in [5.41, 5.74) is 0.396. The van der Waals surface area contributed by atoms with E-state index < -0.39 is 5.41 Å². The Morgan fingerprint density at radius 2 is 1.82 bits per heavy atom. The first-order valence-corrected chi connectivity index (χ1v) is 8.67. The predicted molar refractivity (Wildman–Crippen MR) is 86.2 cm³/mol. The largest absolute Gasteiger partial charge is 0.342 e.